The Morgan fingerprint density at radius 3 is 2.70 bits per heavy atom. The van der Waals surface area contributed by atoms with Crippen LogP contribution in [0, 0.1) is 5.41 Å². The second kappa shape index (κ2) is 8.38. The van der Waals surface area contributed by atoms with Crippen molar-refractivity contribution in [1.82, 2.24) is 15.2 Å². The van der Waals surface area contributed by atoms with Crippen molar-refractivity contribution in [2.45, 2.75) is 53.1 Å². The first-order chi connectivity index (χ1) is 9.45. The van der Waals surface area contributed by atoms with E-state index in [1.165, 1.54) is 18.4 Å². The molecule has 1 aromatic heterocycles. The van der Waals surface area contributed by atoms with Crippen LogP contribution in [0.1, 0.15) is 46.1 Å². The molecule has 3 nitrogen and oxygen atoms in total. The molecular formula is C17H31N3. The SMILES string of the molecule is CCCC(C)(CNC(C)C)CN(C)Cc1cccnc1. The molecule has 0 bridgehead atoms. The van der Waals surface area contributed by atoms with Gasteiger partial charge >= 0.3 is 0 Å². The Labute approximate surface area is 124 Å². The summed E-state index contributed by atoms with van der Waals surface area (Å²) in [6, 6.07) is 4.71. The second-order valence-electron chi connectivity index (χ2n) is 6.63. The van der Waals surface area contributed by atoms with E-state index in [0.29, 0.717) is 11.5 Å². The minimum Gasteiger partial charge on any atom is -0.314 e. The van der Waals surface area contributed by atoms with Gasteiger partial charge in [-0.2, -0.15) is 0 Å². The molecule has 0 spiro atoms. The zero-order chi connectivity index (χ0) is 15.0. The molecule has 0 aliphatic rings. The lowest BCUT2D eigenvalue weighted by atomic mass is 9.84. The van der Waals surface area contributed by atoms with Gasteiger partial charge in [-0.25, -0.2) is 0 Å². The first-order valence-corrected chi connectivity index (χ1v) is 7.76. The highest BCUT2D eigenvalue weighted by Crippen LogP contribution is 2.24. The summed E-state index contributed by atoms with van der Waals surface area (Å²) in [7, 11) is 2.20. The number of nitrogens with one attached hydrogen (secondary N) is 1. The van der Waals surface area contributed by atoms with E-state index < -0.39 is 0 Å². The van der Waals surface area contributed by atoms with E-state index in [1.807, 2.05) is 18.5 Å². The number of hydrogen-bond donors (Lipinski definition) is 1. The highest BCUT2D eigenvalue weighted by atomic mass is 15.1. The van der Waals surface area contributed by atoms with E-state index in [4.69, 9.17) is 0 Å². The molecule has 114 valence electrons. The maximum Gasteiger partial charge on any atom is 0.0312 e. The fourth-order valence-corrected chi connectivity index (χ4v) is 2.79. The van der Waals surface area contributed by atoms with Crippen molar-refractivity contribution >= 4 is 0 Å². The smallest absolute Gasteiger partial charge is 0.0312 e. The van der Waals surface area contributed by atoms with Crippen LogP contribution in [-0.2, 0) is 6.54 Å². The van der Waals surface area contributed by atoms with Gasteiger partial charge in [0.15, 0.2) is 0 Å². The van der Waals surface area contributed by atoms with Crippen LogP contribution in [0.15, 0.2) is 24.5 Å². The molecule has 0 fully saturated rings. The minimum atomic E-state index is 0.329. The van der Waals surface area contributed by atoms with Crippen LogP contribution in [0.3, 0.4) is 0 Å². The van der Waals surface area contributed by atoms with Crippen molar-refractivity contribution in [1.29, 1.82) is 0 Å². The lowest BCUT2D eigenvalue weighted by molar-refractivity contribution is 0.165. The molecule has 0 amide bonds. The zero-order valence-electron chi connectivity index (χ0n) is 13.8. The van der Waals surface area contributed by atoms with Gasteiger partial charge in [-0.1, -0.05) is 40.2 Å². The van der Waals surface area contributed by atoms with Gasteiger partial charge in [-0.3, -0.25) is 4.98 Å². The van der Waals surface area contributed by atoms with Crippen LogP contribution in [0.5, 0.6) is 0 Å². The van der Waals surface area contributed by atoms with E-state index in [-0.39, 0.29) is 0 Å². The molecule has 1 aromatic rings. The summed E-state index contributed by atoms with van der Waals surface area (Å²) in [6.45, 7) is 12.2. The van der Waals surface area contributed by atoms with Gasteiger partial charge in [0.1, 0.15) is 0 Å². The Morgan fingerprint density at radius 1 is 1.40 bits per heavy atom. The van der Waals surface area contributed by atoms with Crippen molar-refractivity contribution in [3.05, 3.63) is 30.1 Å². The van der Waals surface area contributed by atoms with Gasteiger partial charge in [-0.15, -0.1) is 0 Å². The molecule has 20 heavy (non-hydrogen) atoms. The standard InChI is InChI=1S/C17H31N3/c1-6-9-17(4,13-19-15(2)3)14-20(5)12-16-8-7-10-18-11-16/h7-8,10-11,15,19H,6,9,12-14H2,1-5H3. The number of rotatable bonds is 9. The topological polar surface area (TPSA) is 28.2 Å². The minimum absolute atomic E-state index is 0.329. The molecule has 3 heteroatoms. The molecule has 0 saturated carbocycles. The van der Waals surface area contributed by atoms with E-state index in [9.17, 15) is 0 Å². The van der Waals surface area contributed by atoms with Crippen molar-refractivity contribution in [3.8, 4) is 0 Å². The second-order valence-corrected chi connectivity index (χ2v) is 6.63. The van der Waals surface area contributed by atoms with Crippen molar-refractivity contribution in [2.24, 2.45) is 5.41 Å². The average molecular weight is 277 g/mol. The lowest BCUT2D eigenvalue weighted by Crippen LogP contribution is -2.42. The van der Waals surface area contributed by atoms with Crippen LogP contribution in [0.2, 0.25) is 0 Å². The lowest BCUT2D eigenvalue weighted by Gasteiger charge is -2.35. The van der Waals surface area contributed by atoms with Gasteiger partial charge in [0.25, 0.3) is 0 Å². The summed E-state index contributed by atoms with van der Waals surface area (Å²) >= 11 is 0. The predicted molar refractivity (Wildman–Crippen MR) is 86.7 cm³/mol. The fraction of sp³-hybridized carbons (Fsp3) is 0.706. The summed E-state index contributed by atoms with van der Waals surface area (Å²) in [5.74, 6) is 0. The summed E-state index contributed by atoms with van der Waals surface area (Å²) < 4.78 is 0. The zero-order valence-corrected chi connectivity index (χ0v) is 13.8. The molecule has 0 saturated heterocycles. The molecule has 1 rings (SSSR count). The fourth-order valence-electron chi connectivity index (χ4n) is 2.79. The highest BCUT2D eigenvalue weighted by Gasteiger charge is 2.25. The summed E-state index contributed by atoms with van der Waals surface area (Å²) in [6.07, 6.45) is 6.28. The van der Waals surface area contributed by atoms with Gasteiger partial charge in [0.2, 0.25) is 0 Å². The van der Waals surface area contributed by atoms with Gasteiger partial charge < -0.3 is 10.2 Å². The average Bonchev–Trinajstić information content (AvgIpc) is 2.37. The normalized spacial score (nSPS) is 14.8. The number of pyridine rings is 1. The van der Waals surface area contributed by atoms with Crippen molar-refractivity contribution in [3.63, 3.8) is 0 Å². The van der Waals surface area contributed by atoms with Gasteiger partial charge in [-0.05, 0) is 30.5 Å². The third kappa shape index (κ3) is 6.49. The number of nitrogens with zero attached hydrogens (tertiary/aromatic N) is 2. The van der Waals surface area contributed by atoms with E-state index >= 15 is 0 Å². The largest absolute Gasteiger partial charge is 0.314 e. The van der Waals surface area contributed by atoms with Crippen LogP contribution >= 0.6 is 0 Å². The summed E-state index contributed by atoms with van der Waals surface area (Å²) in [5, 5.41) is 3.60. The molecule has 0 aliphatic heterocycles. The van der Waals surface area contributed by atoms with Crippen LogP contribution in [-0.4, -0.2) is 36.1 Å². The Bertz CT molecular complexity index is 364. The molecular weight excluding hydrogens is 246 g/mol. The van der Waals surface area contributed by atoms with Gasteiger partial charge in [0, 0.05) is 38.1 Å². The van der Waals surface area contributed by atoms with E-state index in [1.54, 1.807) is 0 Å². The summed E-state index contributed by atoms with van der Waals surface area (Å²) in [4.78, 5) is 6.60. The van der Waals surface area contributed by atoms with Gasteiger partial charge in [0.05, 0.1) is 0 Å². The van der Waals surface area contributed by atoms with Crippen LogP contribution in [0.25, 0.3) is 0 Å². The van der Waals surface area contributed by atoms with Crippen molar-refractivity contribution < 1.29 is 0 Å². The monoisotopic (exact) mass is 277 g/mol. The number of hydrogen-bond acceptors (Lipinski definition) is 3. The molecule has 1 atom stereocenters. The summed E-state index contributed by atoms with van der Waals surface area (Å²) in [5.41, 5.74) is 1.61. The third-order valence-corrected chi connectivity index (χ3v) is 3.62. The molecule has 0 radical (unpaired) electrons. The first-order valence-electron chi connectivity index (χ1n) is 7.76. The highest BCUT2D eigenvalue weighted by molar-refractivity contribution is 5.08. The molecule has 1 N–H and O–H groups in total. The first kappa shape index (κ1) is 17.1. The van der Waals surface area contributed by atoms with Crippen molar-refractivity contribution in [2.75, 3.05) is 20.1 Å². The molecule has 0 aliphatic carbocycles. The third-order valence-electron chi connectivity index (χ3n) is 3.62. The Morgan fingerprint density at radius 2 is 2.15 bits per heavy atom. The molecule has 1 unspecified atom stereocenters. The maximum atomic E-state index is 4.19. The predicted octanol–water partition coefficient (Wildman–Crippen LogP) is 3.32. The molecule has 1 heterocycles. The van der Waals surface area contributed by atoms with E-state index in [0.717, 1.165) is 19.6 Å². The van der Waals surface area contributed by atoms with E-state index in [2.05, 4.69) is 56.0 Å². The quantitative estimate of drug-likeness (QED) is 0.750. The van der Waals surface area contributed by atoms with Crippen LogP contribution < -0.4 is 5.32 Å². The Balaban J connectivity index is 2.55. The Kier molecular flexibility index (Phi) is 7.17. The van der Waals surface area contributed by atoms with Crippen LogP contribution in [0.4, 0.5) is 0 Å². The molecule has 0 aromatic carbocycles. The Hall–Kier alpha value is -0.930. The number of aromatic nitrogens is 1. The maximum absolute atomic E-state index is 4.19.